The van der Waals surface area contributed by atoms with Crippen LogP contribution in [0.25, 0.3) is 6.08 Å². The first-order chi connectivity index (χ1) is 12.1. The number of amides is 1. The van der Waals surface area contributed by atoms with E-state index in [-0.39, 0.29) is 17.5 Å². The molecule has 0 aliphatic carbocycles. The molecule has 0 bridgehead atoms. The van der Waals surface area contributed by atoms with E-state index in [1.54, 1.807) is 42.5 Å². The summed E-state index contributed by atoms with van der Waals surface area (Å²) >= 11 is 3.40. The van der Waals surface area contributed by atoms with Gasteiger partial charge in [0.05, 0.1) is 6.26 Å². The lowest BCUT2D eigenvalue weighted by Crippen LogP contribution is -2.10. The number of carbonyl (C=O) groups is 2. The Morgan fingerprint density at radius 3 is 2.48 bits per heavy atom. The summed E-state index contributed by atoms with van der Waals surface area (Å²) in [7, 11) is 0. The molecule has 25 heavy (non-hydrogen) atoms. The minimum Gasteiger partial charge on any atom is -0.459 e. The van der Waals surface area contributed by atoms with Crippen LogP contribution in [0.4, 0.5) is 5.69 Å². The number of hydrogen-bond acceptors (Lipinski definition) is 3. The van der Waals surface area contributed by atoms with Crippen molar-refractivity contribution in [2.45, 2.75) is 0 Å². The van der Waals surface area contributed by atoms with E-state index in [0.29, 0.717) is 11.3 Å². The summed E-state index contributed by atoms with van der Waals surface area (Å²) in [6, 6.07) is 17.6. The highest BCUT2D eigenvalue weighted by Gasteiger charge is 2.09. The third kappa shape index (κ3) is 4.55. The van der Waals surface area contributed by atoms with Crippen LogP contribution in [0.15, 0.2) is 81.9 Å². The van der Waals surface area contributed by atoms with E-state index in [9.17, 15) is 9.59 Å². The normalized spacial score (nSPS) is 10.8. The maximum Gasteiger partial charge on any atom is 0.291 e. The molecule has 0 unspecified atom stereocenters. The third-order valence-corrected chi connectivity index (χ3v) is 3.94. The quantitative estimate of drug-likeness (QED) is 0.477. The number of anilines is 1. The van der Waals surface area contributed by atoms with Gasteiger partial charge >= 0.3 is 0 Å². The summed E-state index contributed by atoms with van der Waals surface area (Å²) in [5.74, 6) is -0.209. The molecule has 1 N–H and O–H groups in total. The molecule has 1 heterocycles. The molecule has 2 aromatic carbocycles. The summed E-state index contributed by atoms with van der Waals surface area (Å²) in [5.41, 5.74) is 2.07. The Bertz CT molecular complexity index is 912. The number of carbonyl (C=O) groups excluding carboxylic acids is 2. The number of halogens is 1. The summed E-state index contributed by atoms with van der Waals surface area (Å²) < 4.78 is 5.99. The second kappa shape index (κ2) is 7.77. The van der Waals surface area contributed by atoms with Gasteiger partial charge < -0.3 is 9.73 Å². The van der Waals surface area contributed by atoms with Gasteiger partial charge in [0.15, 0.2) is 11.5 Å². The highest BCUT2D eigenvalue weighted by molar-refractivity contribution is 9.10. The van der Waals surface area contributed by atoms with Crippen molar-refractivity contribution in [2.24, 2.45) is 0 Å². The van der Waals surface area contributed by atoms with Crippen LogP contribution in [0.1, 0.15) is 26.5 Å². The molecule has 1 aromatic heterocycles. The van der Waals surface area contributed by atoms with E-state index in [1.165, 1.54) is 12.3 Å². The predicted octanol–water partition coefficient (Wildman–Crippen LogP) is 5.19. The number of nitrogens with one attached hydrogen (secondary N) is 1. The van der Waals surface area contributed by atoms with Crippen molar-refractivity contribution in [1.29, 1.82) is 0 Å². The van der Waals surface area contributed by atoms with Gasteiger partial charge in [0.25, 0.3) is 5.91 Å². The maximum absolute atomic E-state index is 12.2. The smallest absolute Gasteiger partial charge is 0.291 e. The van der Waals surface area contributed by atoms with E-state index >= 15 is 0 Å². The predicted molar refractivity (Wildman–Crippen MR) is 101 cm³/mol. The number of benzene rings is 2. The van der Waals surface area contributed by atoms with Crippen LogP contribution in [-0.2, 0) is 0 Å². The Morgan fingerprint density at radius 2 is 1.80 bits per heavy atom. The molecular formula is C20H14BrNO3. The Kier molecular flexibility index (Phi) is 5.26. The van der Waals surface area contributed by atoms with Crippen molar-refractivity contribution in [2.75, 3.05) is 5.32 Å². The maximum atomic E-state index is 12.2. The molecule has 0 saturated carbocycles. The minimum absolute atomic E-state index is 0.108. The fraction of sp³-hybridized carbons (Fsp3) is 0. The van der Waals surface area contributed by atoms with Gasteiger partial charge in [-0.1, -0.05) is 34.1 Å². The largest absolute Gasteiger partial charge is 0.459 e. The van der Waals surface area contributed by atoms with Crippen molar-refractivity contribution >= 4 is 39.4 Å². The lowest BCUT2D eigenvalue weighted by molar-refractivity contribution is 0.0996. The van der Waals surface area contributed by atoms with E-state index in [0.717, 1.165) is 10.0 Å². The monoisotopic (exact) mass is 395 g/mol. The molecule has 3 rings (SSSR count). The van der Waals surface area contributed by atoms with E-state index in [2.05, 4.69) is 21.2 Å². The van der Waals surface area contributed by atoms with Crippen molar-refractivity contribution < 1.29 is 14.0 Å². The fourth-order valence-corrected chi connectivity index (χ4v) is 2.61. The van der Waals surface area contributed by atoms with Gasteiger partial charge in [-0.05, 0) is 60.2 Å². The van der Waals surface area contributed by atoms with Crippen molar-refractivity contribution in [3.63, 3.8) is 0 Å². The highest BCUT2D eigenvalue weighted by Crippen LogP contribution is 2.15. The van der Waals surface area contributed by atoms with E-state index in [4.69, 9.17) is 4.42 Å². The lowest BCUT2D eigenvalue weighted by atomic mass is 10.1. The molecule has 0 radical (unpaired) electrons. The molecule has 4 nitrogen and oxygen atoms in total. The van der Waals surface area contributed by atoms with Crippen LogP contribution in [0.5, 0.6) is 0 Å². The number of furan rings is 1. The van der Waals surface area contributed by atoms with Crippen LogP contribution in [0.3, 0.4) is 0 Å². The van der Waals surface area contributed by atoms with Crippen LogP contribution >= 0.6 is 15.9 Å². The summed E-state index contributed by atoms with van der Waals surface area (Å²) in [5, 5.41) is 2.71. The molecule has 0 aliphatic rings. The number of allylic oxidation sites excluding steroid dienone is 1. The third-order valence-electron chi connectivity index (χ3n) is 3.45. The zero-order valence-electron chi connectivity index (χ0n) is 13.1. The molecule has 1 amide bonds. The van der Waals surface area contributed by atoms with Crippen molar-refractivity contribution in [3.05, 3.63) is 94.4 Å². The Balaban J connectivity index is 1.65. The van der Waals surface area contributed by atoms with E-state index < -0.39 is 0 Å². The molecule has 5 heteroatoms. The zero-order chi connectivity index (χ0) is 17.6. The molecule has 3 aromatic rings. The van der Waals surface area contributed by atoms with Gasteiger partial charge in [0, 0.05) is 15.7 Å². The van der Waals surface area contributed by atoms with Crippen LogP contribution in [-0.4, -0.2) is 11.7 Å². The SMILES string of the molecule is O=C(/C=C\c1cccc(Br)c1)c1ccc(NC(=O)c2ccco2)cc1. The zero-order valence-corrected chi connectivity index (χ0v) is 14.7. The van der Waals surface area contributed by atoms with Gasteiger partial charge in [-0.3, -0.25) is 9.59 Å². The second-order valence-electron chi connectivity index (χ2n) is 5.26. The summed E-state index contributed by atoms with van der Waals surface area (Å²) in [6.45, 7) is 0. The van der Waals surface area contributed by atoms with Crippen LogP contribution in [0, 0.1) is 0 Å². The second-order valence-corrected chi connectivity index (χ2v) is 6.18. The number of hydrogen-bond donors (Lipinski definition) is 1. The molecule has 0 aliphatic heterocycles. The van der Waals surface area contributed by atoms with Crippen LogP contribution in [0.2, 0.25) is 0 Å². The molecule has 0 saturated heterocycles. The number of rotatable bonds is 5. The van der Waals surface area contributed by atoms with Gasteiger partial charge in [0.2, 0.25) is 0 Å². The lowest BCUT2D eigenvalue weighted by Gasteiger charge is -2.04. The highest BCUT2D eigenvalue weighted by atomic mass is 79.9. The standard InChI is InChI=1S/C20H14BrNO3/c21-16-4-1-3-14(13-16)6-11-18(23)15-7-9-17(10-8-15)22-20(24)19-5-2-12-25-19/h1-13H,(H,22,24)/b11-6-. The minimum atomic E-state index is -0.335. The van der Waals surface area contributed by atoms with Gasteiger partial charge in [-0.25, -0.2) is 0 Å². The van der Waals surface area contributed by atoms with Crippen molar-refractivity contribution in [1.82, 2.24) is 0 Å². The first-order valence-electron chi connectivity index (χ1n) is 7.55. The molecule has 124 valence electrons. The van der Waals surface area contributed by atoms with Gasteiger partial charge in [-0.2, -0.15) is 0 Å². The first kappa shape index (κ1) is 16.9. The average molecular weight is 396 g/mol. The first-order valence-corrected chi connectivity index (χ1v) is 8.34. The van der Waals surface area contributed by atoms with Crippen molar-refractivity contribution in [3.8, 4) is 0 Å². The Labute approximate surface area is 153 Å². The van der Waals surface area contributed by atoms with E-state index in [1.807, 2.05) is 24.3 Å². The van der Waals surface area contributed by atoms with Gasteiger partial charge in [-0.15, -0.1) is 0 Å². The molecule has 0 atom stereocenters. The Morgan fingerprint density at radius 1 is 1.00 bits per heavy atom. The summed E-state index contributed by atoms with van der Waals surface area (Å²) in [6.07, 6.45) is 4.73. The molecular weight excluding hydrogens is 382 g/mol. The number of ketones is 1. The average Bonchev–Trinajstić information content (AvgIpc) is 3.15. The van der Waals surface area contributed by atoms with Crippen LogP contribution < -0.4 is 5.32 Å². The Hall–Kier alpha value is -2.92. The molecule has 0 fully saturated rings. The van der Waals surface area contributed by atoms with Gasteiger partial charge in [0.1, 0.15) is 0 Å². The summed E-state index contributed by atoms with van der Waals surface area (Å²) in [4.78, 5) is 24.1. The fourth-order valence-electron chi connectivity index (χ4n) is 2.20. The molecule has 0 spiro atoms. The topological polar surface area (TPSA) is 59.3 Å².